The molecule has 0 aromatic carbocycles. The van der Waals surface area contributed by atoms with E-state index in [1.807, 2.05) is 0 Å². The molecular formula is C10H17NO4. The Labute approximate surface area is 89.3 Å². The second-order valence-electron chi connectivity index (χ2n) is 3.34. The summed E-state index contributed by atoms with van der Waals surface area (Å²) in [4.78, 5) is 22.5. The van der Waals surface area contributed by atoms with Crippen molar-refractivity contribution >= 4 is 12.5 Å². The molecule has 0 spiro atoms. The van der Waals surface area contributed by atoms with Crippen molar-refractivity contribution in [3.63, 3.8) is 0 Å². The van der Waals surface area contributed by atoms with Gasteiger partial charge in [-0.2, -0.15) is 0 Å². The van der Waals surface area contributed by atoms with E-state index in [0.717, 1.165) is 16.0 Å². The Morgan fingerprint density at radius 3 is 2.40 bits per heavy atom. The number of aliphatic hydroxyl groups is 1. The lowest BCUT2D eigenvalue weighted by Gasteiger charge is -2.16. The average Bonchev–Trinajstić information content (AvgIpc) is 2.22. The van der Waals surface area contributed by atoms with Gasteiger partial charge in [-0.1, -0.05) is 5.57 Å². The lowest BCUT2D eigenvalue weighted by atomic mass is 10.1. The molecule has 5 nitrogen and oxygen atoms in total. The van der Waals surface area contributed by atoms with Gasteiger partial charge in [0.1, 0.15) is 0 Å². The van der Waals surface area contributed by atoms with Crippen molar-refractivity contribution in [1.82, 2.24) is 4.90 Å². The molecule has 0 aliphatic rings. The van der Waals surface area contributed by atoms with E-state index in [9.17, 15) is 14.7 Å². The third-order valence-corrected chi connectivity index (χ3v) is 2.24. The standard InChI is InChI=1S/C10H17NO4/c1-7(8(2)9(3)13)5-11(6-12)10(14)15-4/h6,9,13H,5H2,1-4H3/b8-7+. The summed E-state index contributed by atoms with van der Waals surface area (Å²) in [6, 6.07) is 0. The number of rotatable bonds is 4. The van der Waals surface area contributed by atoms with Gasteiger partial charge in [-0.25, -0.2) is 9.69 Å². The van der Waals surface area contributed by atoms with Crippen molar-refractivity contribution in [2.45, 2.75) is 26.9 Å². The van der Waals surface area contributed by atoms with E-state index < -0.39 is 12.2 Å². The minimum atomic E-state index is -0.706. The van der Waals surface area contributed by atoms with Crippen LogP contribution < -0.4 is 0 Å². The van der Waals surface area contributed by atoms with Gasteiger partial charge in [-0.3, -0.25) is 4.79 Å². The van der Waals surface area contributed by atoms with Gasteiger partial charge in [0.05, 0.1) is 19.8 Å². The molecular weight excluding hydrogens is 198 g/mol. The van der Waals surface area contributed by atoms with Gasteiger partial charge in [0.15, 0.2) is 0 Å². The average molecular weight is 215 g/mol. The zero-order valence-electron chi connectivity index (χ0n) is 9.48. The highest BCUT2D eigenvalue weighted by atomic mass is 16.5. The van der Waals surface area contributed by atoms with Crippen molar-refractivity contribution in [2.24, 2.45) is 0 Å². The molecule has 0 aromatic rings. The minimum absolute atomic E-state index is 0.132. The van der Waals surface area contributed by atoms with Crippen LogP contribution in [0.15, 0.2) is 11.1 Å². The summed E-state index contributed by atoms with van der Waals surface area (Å²) in [5, 5.41) is 9.29. The second kappa shape index (κ2) is 6.19. The molecule has 0 aromatic heterocycles. The zero-order chi connectivity index (χ0) is 12.0. The molecule has 0 aliphatic heterocycles. The summed E-state index contributed by atoms with van der Waals surface area (Å²) in [5.41, 5.74) is 1.51. The van der Waals surface area contributed by atoms with E-state index in [0.29, 0.717) is 6.41 Å². The summed E-state index contributed by atoms with van der Waals surface area (Å²) in [7, 11) is 1.21. The van der Waals surface area contributed by atoms with Gasteiger partial charge >= 0.3 is 6.09 Å². The molecule has 0 heterocycles. The number of imide groups is 1. The normalized spacial score (nSPS) is 13.9. The maximum Gasteiger partial charge on any atom is 0.416 e. The SMILES string of the molecule is COC(=O)N(C=O)C/C(C)=C(\C)C(C)O. The van der Waals surface area contributed by atoms with Crippen molar-refractivity contribution in [2.75, 3.05) is 13.7 Å². The zero-order valence-corrected chi connectivity index (χ0v) is 9.48. The smallest absolute Gasteiger partial charge is 0.416 e. The van der Waals surface area contributed by atoms with Gasteiger partial charge in [-0.05, 0) is 26.3 Å². The summed E-state index contributed by atoms with van der Waals surface area (Å²) >= 11 is 0. The number of hydrogen-bond acceptors (Lipinski definition) is 4. The Hall–Kier alpha value is -1.36. The number of nitrogens with zero attached hydrogens (tertiary/aromatic N) is 1. The molecule has 0 radical (unpaired) electrons. The third-order valence-electron chi connectivity index (χ3n) is 2.24. The molecule has 1 N–H and O–H groups in total. The van der Waals surface area contributed by atoms with Crippen LogP contribution in [0.1, 0.15) is 20.8 Å². The van der Waals surface area contributed by atoms with Crippen LogP contribution in [0.2, 0.25) is 0 Å². The van der Waals surface area contributed by atoms with Crippen molar-refractivity contribution < 1.29 is 19.4 Å². The Bertz CT molecular complexity index is 271. The summed E-state index contributed by atoms with van der Waals surface area (Å²) in [6.07, 6.45) is -0.885. The van der Waals surface area contributed by atoms with Gasteiger partial charge in [-0.15, -0.1) is 0 Å². The number of aliphatic hydroxyl groups excluding tert-OH is 1. The van der Waals surface area contributed by atoms with Crippen molar-refractivity contribution in [3.05, 3.63) is 11.1 Å². The number of hydrogen-bond donors (Lipinski definition) is 1. The van der Waals surface area contributed by atoms with Crippen LogP contribution in [-0.2, 0) is 9.53 Å². The van der Waals surface area contributed by atoms with Gasteiger partial charge in [0.25, 0.3) is 0 Å². The first kappa shape index (κ1) is 13.6. The Morgan fingerprint density at radius 2 is 2.07 bits per heavy atom. The first-order chi connectivity index (χ1) is 6.93. The van der Waals surface area contributed by atoms with Gasteiger partial charge in [0.2, 0.25) is 6.41 Å². The quantitative estimate of drug-likeness (QED) is 0.559. The minimum Gasteiger partial charge on any atom is -0.452 e. The lowest BCUT2D eigenvalue weighted by molar-refractivity contribution is -0.116. The summed E-state index contributed by atoms with van der Waals surface area (Å²) < 4.78 is 4.41. The number of amides is 2. The van der Waals surface area contributed by atoms with Gasteiger partial charge in [0, 0.05) is 0 Å². The molecule has 2 amide bonds. The van der Waals surface area contributed by atoms with E-state index in [-0.39, 0.29) is 6.54 Å². The molecule has 0 saturated carbocycles. The fourth-order valence-corrected chi connectivity index (χ4v) is 0.999. The number of carbonyl (C=O) groups is 2. The van der Waals surface area contributed by atoms with Crippen LogP contribution in [0, 0.1) is 0 Å². The largest absolute Gasteiger partial charge is 0.452 e. The van der Waals surface area contributed by atoms with Crippen LogP contribution in [0.25, 0.3) is 0 Å². The Balaban J connectivity index is 4.63. The summed E-state index contributed by atoms with van der Waals surface area (Å²) in [5.74, 6) is 0. The van der Waals surface area contributed by atoms with E-state index in [4.69, 9.17) is 0 Å². The molecule has 86 valence electrons. The Morgan fingerprint density at radius 1 is 1.53 bits per heavy atom. The molecule has 5 heteroatoms. The van der Waals surface area contributed by atoms with E-state index in [2.05, 4.69) is 4.74 Å². The molecule has 1 unspecified atom stereocenters. The lowest BCUT2D eigenvalue weighted by Crippen LogP contribution is -2.31. The maximum absolute atomic E-state index is 11.1. The summed E-state index contributed by atoms with van der Waals surface area (Å²) in [6.45, 7) is 5.26. The first-order valence-electron chi connectivity index (χ1n) is 4.58. The number of ether oxygens (including phenoxy) is 1. The first-order valence-corrected chi connectivity index (χ1v) is 4.58. The molecule has 0 saturated heterocycles. The molecule has 15 heavy (non-hydrogen) atoms. The van der Waals surface area contributed by atoms with E-state index in [1.54, 1.807) is 20.8 Å². The van der Waals surface area contributed by atoms with Crippen LogP contribution in [0.3, 0.4) is 0 Å². The highest BCUT2D eigenvalue weighted by Crippen LogP contribution is 2.09. The molecule has 0 rings (SSSR count). The van der Waals surface area contributed by atoms with Crippen LogP contribution in [0.4, 0.5) is 4.79 Å². The topological polar surface area (TPSA) is 66.8 Å². The van der Waals surface area contributed by atoms with E-state index >= 15 is 0 Å². The molecule has 0 fully saturated rings. The molecule has 1 atom stereocenters. The maximum atomic E-state index is 11.1. The van der Waals surface area contributed by atoms with Gasteiger partial charge < -0.3 is 9.84 Å². The predicted octanol–water partition coefficient (Wildman–Crippen LogP) is 0.928. The highest BCUT2D eigenvalue weighted by molar-refractivity contribution is 5.80. The Kier molecular flexibility index (Phi) is 5.62. The van der Waals surface area contributed by atoms with Crippen molar-refractivity contribution in [1.29, 1.82) is 0 Å². The highest BCUT2D eigenvalue weighted by Gasteiger charge is 2.14. The van der Waals surface area contributed by atoms with E-state index in [1.165, 1.54) is 7.11 Å². The monoisotopic (exact) mass is 215 g/mol. The third kappa shape index (κ3) is 4.12. The van der Waals surface area contributed by atoms with Crippen LogP contribution in [0.5, 0.6) is 0 Å². The fourth-order valence-electron chi connectivity index (χ4n) is 0.999. The number of methoxy groups -OCH3 is 1. The molecule has 0 bridgehead atoms. The fraction of sp³-hybridized carbons (Fsp3) is 0.600. The number of carbonyl (C=O) groups excluding carboxylic acids is 2. The van der Waals surface area contributed by atoms with Crippen LogP contribution >= 0.6 is 0 Å². The van der Waals surface area contributed by atoms with Crippen LogP contribution in [-0.4, -0.2) is 42.3 Å². The molecule has 0 aliphatic carbocycles. The second-order valence-corrected chi connectivity index (χ2v) is 3.34. The predicted molar refractivity (Wildman–Crippen MR) is 55.2 cm³/mol. The van der Waals surface area contributed by atoms with Crippen molar-refractivity contribution in [3.8, 4) is 0 Å².